The van der Waals surface area contributed by atoms with Crippen molar-refractivity contribution in [3.8, 4) is 11.5 Å². The third-order valence-corrected chi connectivity index (χ3v) is 3.82. The molecular weight excluding hydrogens is 388 g/mol. The zero-order chi connectivity index (χ0) is 18.2. The molecule has 0 N–H and O–H groups in total. The SMILES string of the molecule is COc1ccc(OC)c(/C=C/C(=O)OCC(=O)c2cccc(Br)c2)c1. The minimum absolute atomic E-state index is 0.276. The van der Waals surface area contributed by atoms with Crippen molar-refractivity contribution in [2.45, 2.75) is 0 Å². The Kier molecular flexibility index (Phi) is 6.77. The monoisotopic (exact) mass is 404 g/mol. The highest BCUT2D eigenvalue weighted by Gasteiger charge is 2.09. The molecule has 0 saturated heterocycles. The van der Waals surface area contributed by atoms with Gasteiger partial charge in [-0.3, -0.25) is 4.79 Å². The topological polar surface area (TPSA) is 61.8 Å². The number of Topliss-reactive ketones (excluding diaryl/α,β-unsaturated/α-hetero) is 1. The summed E-state index contributed by atoms with van der Waals surface area (Å²) in [6, 6.07) is 12.1. The lowest BCUT2D eigenvalue weighted by Crippen LogP contribution is -2.12. The summed E-state index contributed by atoms with van der Waals surface area (Å²) in [6.45, 7) is -0.325. The highest BCUT2D eigenvalue weighted by atomic mass is 79.9. The van der Waals surface area contributed by atoms with E-state index in [1.807, 2.05) is 6.07 Å². The highest BCUT2D eigenvalue weighted by molar-refractivity contribution is 9.10. The van der Waals surface area contributed by atoms with Crippen molar-refractivity contribution in [2.24, 2.45) is 0 Å². The van der Waals surface area contributed by atoms with Crippen LogP contribution in [0.3, 0.4) is 0 Å². The van der Waals surface area contributed by atoms with E-state index in [4.69, 9.17) is 14.2 Å². The van der Waals surface area contributed by atoms with Gasteiger partial charge < -0.3 is 14.2 Å². The standard InChI is InChI=1S/C19H17BrO5/c1-23-16-7-8-18(24-2)14(11-16)6-9-19(22)25-12-17(21)13-4-3-5-15(20)10-13/h3-11H,12H2,1-2H3/b9-6+. The summed E-state index contributed by atoms with van der Waals surface area (Å²) in [5.41, 5.74) is 1.14. The van der Waals surface area contributed by atoms with Crippen LogP contribution < -0.4 is 9.47 Å². The maximum absolute atomic E-state index is 12.0. The molecule has 0 aromatic heterocycles. The first-order valence-electron chi connectivity index (χ1n) is 7.39. The van der Waals surface area contributed by atoms with E-state index in [9.17, 15) is 9.59 Å². The van der Waals surface area contributed by atoms with Gasteiger partial charge in [0.05, 0.1) is 14.2 Å². The van der Waals surface area contributed by atoms with Crippen molar-refractivity contribution >= 4 is 33.8 Å². The average Bonchev–Trinajstić information content (AvgIpc) is 2.64. The molecule has 0 aliphatic heterocycles. The zero-order valence-corrected chi connectivity index (χ0v) is 15.4. The molecule has 6 heteroatoms. The Morgan fingerprint density at radius 1 is 1.08 bits per heavy atom. The van der Waals surface area contributed by atoms with Crippen LogP contribution in [0.15, 0.2) is 53.0 Å². The van der Waals surface area contributed by atoms with Gasteiger partial charge in [0.2, 0.25) is 0 Å². The lowest BCUT2D eigenvalue weighted by Gasteiger charge is -2.07. The Bertz CT molecular complexity index is 798. The van der Waals surface area contributed by atoms with Gasteiger partial charge in [-0.25, -0.2) is 4.79 Å². The van der Waals surface area contributed by atoms with Gasteiger partial charge in [0.15, 0.2) is 12.4 Å². The normalized spacial score (nSPS) is 10.5. The number of hydrogen-bond acceptors (Lipinski definition) is 5. The summed E-state index contributed by atoms with van der Waals surface area (Å²) in [6.07, 6.45) is 2.79. The summed E-state index contributed by atoms with van der Waals surface area (Å²) in [7, 11) is 3.09. The van der Waals surface area contributed by atoms with Crippen molar-refractivity contribution < 1.29 is 23.8 Å². The van der Waals surface area contributed by atoms with E-state index in [1.54, 1.807) is 49.6 Å². The number of ketones is 1. The van der Waals surface area contributed by atoms with Crippen LogP contribution in [0.2, 0.25) is 0 Å². The van der Waals surface area contributed by atoms with Crippen LogP contribution in [-0.2, 0) is 9.53 Å². The van der Waals surface area contributed by atoms with Gasteiger partial charge in [0.25, 0.3) is 0 Å². The number of carbonyl (C=O) groups excluding carboxylic acids is 2. The number of rotatable bonds is 7. The molecule has 0 radical (unpaired) electrons. The predicted molar refractivity (Wildman–Crippen MR) is 98.0 cm³/mol. The number of benzene rings is 2. The molecule has 25 heavy (non-hydrogen) atoms. The van der Waals surface area contributed by atoms with Gasteiger partial charge in [-0.1, -0.05) is 28.1 Å². The molecule has 0 saturated carbocycles. The summed E-state index contributed by atoms with van der Waals surface area (Å²) in [5.74, 6) is 0.337. The Morgan fingerprint density at radius 2 is 1.88 bits per heavy atom. The first-order chi connectivity index (χ1) is 12.0. The predicted octanol–water partition coefficient (Wildman–Crippen LogP) is 3.91. The van der Waals surface area contributed by atoms with Crippen LogP contribution in [0, 0.1) is 0 Å². The molecule has 0 atom stereocenters. The van der Waals surface area contributed by atoms with Crippen molar-refractivity contribution in [3.63, 3.8) is 0 Å². The van der Waals surface area contributed by atoms with E-state index in [0.29, 0.717) is 22.6 Å². The van der Waals surface area contributed by atoms with Gasteiger partial charge in [-0.05, 0) is 36.4 Å². The maximum Gasteiger partial charge on any atom is 0.331 e. The molecule has 130 valence electrons. The first-order valence-corrected chi connectivity index (χ1v) is 8.18. The molecule has 0 fully saturated rings. The quantitative estimate of drug-likeness (QED) is 0.397. The minimum Gasteiger partial charge on any atom is -0.497 e. The molecule has 0 aliphatic rings. The van der Waals surface area contributed by atoms with E-state index < -0.39 is 5.97 Å². The largest absolute Gasteiger partial charge is 0.497 e. The smallest absolute Gasteiger partial charge is 0.331 e. The van der Waals surface area contributed by atoms with E-state index >= 15 is 0 Å². The maximum atomic E-state index is 12.0. The van der Waals surface area contributed by atoms with E-state index in [-0.39, 0.29) is 12.4 Å². The molecular formula is C19H17BrO5. The van der Waals surface area contributed by atoms with Gasteiger partial charge in [-0.2, -0.15) is 0 Å². The molecule has 2 aromatic rings. The number of methoxy groups -OCH3 is 2. The molecule has 5 nitrogen and oxygen atoms in total. The summed E-state index contributed by atoms with van der Waals surface area (Å²) in [5, 5.41) is 0. The molecule has 0 spiro atoms. The number of ether oxygens (including phenoxy) is 3. The van der Waals surface area contributed by atoms with E-state index in [1.165, 1.54) is 13.2 Å². The van der Waals surface area contributed by atoms with Crippen LogP contribution in [0.4, 0.5) is 0 Å². The average molecular weight is 405 g/mol. The van der Waals surface area contributed by atoms with Crippen LogP contribution in [0.5, 0.6) is 11.5 Å². The van der Waals surface area contributed by atoms with Crippen LogP contribution in [-0.4, -0.2) is 32.6 Å². The number of carbonyl (C=O) groups is 2. The molecule has 2 rings (SSSR count). The molecule has 0 aliphatic carbocycles. The van der Waals surface area contributed by atoms with E-state index in [2.05, 4.69) is 15.9 Å². The lowest BCUT2D eigenvalue weighted by molar-refractivity contribution is -0.136. The third-order valence-electron chi connectivity index (χ3n) is 3.33. The van der Waals surface area contributed by atoms with Crippen LogP contribution >= 0.6 is 15.9 Å². The second-order valence-corrected chi connectivity index (χ2v) is 5.90. The fourth-order valence-electron chi connectivity index (χ4n) is 2.06. The third kappa shape index (κ3) is 5.46. The van der Waals surface area contributed by atoms with Crippen molar-refractivity contribution in [2.75, 3.05) is 20.8 Å². The van der Waals surface area contributed by atoms with E-state index in [0.717, 1.165) is 4.47 Å². The molecule has 0 unspecified atom stereocenters. The lowest BCUT2D eigenvalue weighted by atomic mass is 10.1. The molecule has 2 aromatic carbocycles. The van der Waals surface area contributed by atoms with Gasteiger partial charge in [-0.15, -0.1) is 0 Å². The fraction of sp³-hybridized carbons (Fsp3) is 0.158. The Hall–Kier alpha value is -2.60. The van der Waals surface area contributed by atoms with Crippen molar-refractivity contribution in [1.82, 2.24) is 0 Å². The second-order valence-electron chi connectivity index (χ2n) is 4.98. The molecule has 0 bridgehead atoms. The second kappa shape index (κ2) is 9.03. The fourth-order valence-corrected chi connectivity index (χ4v) is 2.46. The number of esters is 1. The Morgan fingerprint density at radius 3 is 2.56 bits per heavy atom. The summed E-state index contributed by atoms with van der Waals surface area (Å²) >= 11 is 3.29. The number of halogens is 1. The molecule has 0 amide bonds. The van der Waals surface area contributed by atoms with Crippen LogP contribution in [0.25, 0.3) is 6.08 Å². The van der Waals surface area contributed by atoms with Gasteiger partial charge in [0.1, 0.15) is 11.5 Å². The first kappa shape index (κ1) is 18.7. The van der Waals surface area contributed by atoms with Crippen molar-refractivity contribution in [1.29, 1.82) is 0 Å². The van der Waals surface area contributed by atoms with Gasteiger partial charge in [0, 0.05) is 21.7 Å². The summed E-state index contributed by atoms with van der Waals surface area (Å²) in [4.78, 5) is 23.8. The van der Waals surface area contributed by atoms with Crippen molar-refractivity contribution in [3.05, 3.63) is 64.1 Å². The molecule has 0 heterocycles. The summed E-state index contributed by atoms with van der Waals surface area (Å²) < 4.78 is 16.1. The van der Waals surface area contributed by atoms with Crippen LogP contribution in [0.1, 0.15) is 15.9 Å². The Balaban J connectivity index is 1.98. The Labute approximate surface area is 154 Å². The number of hydrogen-bond donors (Lipinski definition) is 0. The van der Waals surface area contributed by atoms with Gasteiger partial charge >= 0.3 is 5.97 Å². The highest BCUT2D eigenvalue weighted by Crippen LogP contribution is 2.25. The zero-order valence-electron chi connectivity index (χ0n) is 13.8. The minimum atomic E-state index is -0.617.